The van der Waals surface area contributed by atoms with Crippen molar-refractivity contribution in [3.8, 4) is 0 Å². The SMILES string of the molecule is O=Cc1ccc(C2(F)C=C(F)C=C3C2=Nc2c(F)cc(F)cc23)cc1. The summed E-state index contributed by atoms with van der Waals surface area (Å²) in [6.45, 7) is 0. The van der Waals surface area contributed by atoms with Gasteiger partial charge in [0.25, 0.3) is 0 Å². The van der Waals surface area contributed by atoms with E-state index in [2.05, 4.69) is 4.99 Å². The first-order valence-corrected chi connectivity index (χ1v) is 7.36. The Labute approximate surface area is 139 Å². The Morgan fingerprint density at radius 2 is 1.76 bits per heavy atom. The molecule has 0 saturated heterocycles. The number of nitrogens with zero attached hydrogens (tertiary/aromatic N) is 1. The van der Waals surface area contributed by atoms with E-state index in [0.29, 0.717) is 17.9 Å². The van der Waals surface area contributed by atoms with Crippen molar-refractivity contribution in [3.63, 3.8) is 0 Å². The van der Waals surface area contributed by atoms with Crippen molar-refractivity contribution in [2.75, 3.05) is 0 Å². The average Bonchev–Trinajstić information content (AvgIpc) is 2.94. The third-order valence-corrected chi connectivity index (χ3v) is 4.23. The second-order valence-electron chi connectivity index (χ2n) is 5.78. The summed E-state index contributed by atoms with van der Waals surface area (Å²) in [7, 11) is 0. The van der Waals surface area contributed by atoms with Gasteiger partial charge in [-0.05, 0) is 23.8 Å². The number of alkyl halides is 1. The van der Waals surface area contributed by atoms with E-state index in [1.54, 1.807) is 0 Å². The molecular weight excluding hydrogens is 334 g/mol. The van der Waals surface area contributed by atoms with Crippen molar-refractivity contribution in [2.24, 2.45) is 4.99 Å². The van der Waals surface area contributed by atoms with Gasteiger partial charge >= 0.3 is 0 Å². The largest absolute Gasteiger partial charge is 0.298 e. The molecule has 2 aromatic rings. The maximum Gasteiger partial charge on any atom is 0.199 e. The van der Waals surface area contributed by atoms with Gasteiger partial charge in [0.15, 0.2) is 11.5 Å². The zero-order valence-corrected chi connectivity index (χ0v) is 12.6. The molecule has 0 saturated carbocycles. The summed E-state index contributed by atoms with van der Waals surface area (Å²) in [6, 6.07) is 7.07. The van der Waals surface area contributed by atoms with E-state index >= 15 is 4.39 Å². The van der Waals surface area contributed by atoms with Crippen LogP contribution in [0.4, 0.5) is 23.2 Å². The minimum atomic E-state index is -2.46. The fraction of sp³-hybridized carbons (Fsp3) is 0.0526. The van der Waals surface area contributed by atoms with Crippen LogP contribution in [0, 0.1) is 11.6 Å². The third kappa shape index (κ3) is 2.25. The summed E-state index contributed by atoms with van der Waals surface area (Å²) >= 11 is 0. The quantitative estimate of drug-likeness (QED) is 0.559. The van der Waals surface area contributed by atoms with Crippen LogP contribution in [-0.2, 0) is 5.67 Å². The lowest BCUT2D eigenvalue weighted by molar-refractivity contribution is 0.112. The molecule has 0 N–H and O–H groups in total. The first-order chi connectivity index (χ1) is 11.9. The van der Waals surface area contributed by atoms with Crippen LogP contribution in [0.1, 0.15) is 21.5 Å². The van der Waals surface area contributed by atoms with Gasteiger partial charge in [-0.1, -0.05) is 24.3 Å². The smallest absolute Gasteiger partial charge is 0.199 e. The van der Waals surface area contributed by atoms with Crippen molar-refractivity contribution in [1.82, 2.24) is 0 Å². The Kier molecular flexibility index (Phi) is 3.25. The number of aliphatic imine (C=N–C) groups is 1. The van der Waals surface area contributed by atoms with Gasteiger partial charge in [-0.2, -0.15) is 0 Å². The molecule has 0 bridgehead atoms. The van der Waals surface area contributed by atoms with Gasteiger partial charge in [0, 0.05) is 22.8 Å². The number of rotatable bonds is 2. The number of hydrogen-bond donors (Lipinski definition) is 0. The van der Waals surface area contributed by atoms with Crippen LogP contribution in [0.2, 0.25) is 0 Å². The number of fused-ring (bicyclic) bond motifs is 3. The van der Waals surface area contributed by atoms with Crippen molar-refractivity contribution < 1.29 is 22.4 Å². The lowest BCUT2D eigenvalue weighted by Gasteiger charge is -2.26. The normalized spacial score (nSPS) is 21.0. The highest BCUT2D eigenvalue weighted by Crippen LogP contribution is 2.48. The van der Waals surface area contributed by atoms with E-state index in [1.807, 2.05) is 0 Å². The minimum absolute atomic E-state index is 0.00212. The Hall–Kier alpha value is -3.02. The molecule has 1 atom stereocenters. The lowest BCUT2D eigenvalue weighted by atomic mass is 9.81. The summed E-state index contributed by atoms with van der Waals surface area (Å²) in [5, 5.41) is 0. The van der Waals surface area contributed by atoms with Gasteiger partial charge in [0.2, 0.25) is 0 Å². The third-order valence-electron chi connectivity index (χ3n) is 4.23. The molecule has 124 valence electrons. The molecule has 25 heavy (non-hydrogen) atoms. The summed E-state index contributed by atoms with van der Waals surface area (Å²) in [5.41, 5.74) is -2.54. The molecule has 4 rings (SSSR count). The zero-order chi connectivity index (χ0) is 17.8. The number of halogens is 4. The van der Waals surface area contributed by atoms with Gasteiger partial charge in [-0.25, -0.2) is 22.6 Å². The highest BCUT2D eigenvalue weighted by Gasteiger charge is 2.44. The van der Waals surface area contributed by atoms with Crippen LogP contribution < -0.4 is 0 Å². The maximum atomic E-state index is 15.8. The molecule has 6 heteroatoms. The molecule has 0 aromatic heterocycles. The maximum absolute atomic E-state index is 15.8. The van der Waals surface area contributed by atoms with Crippen LogP contribution >= 0.6 is 0 Å². The van der Waals surface area contributed by atoms with Crippen molar-refractivity contribution >= 4 is 23.3 Å². The molecule has 2 aliphatic rings. The van der Waals surface area contributed by atoms with Gasteiger partial charge in [0.05, 0.1) is 5.71 Å². The minimum Gasteiger partial charge on any atom is -0.298 e. The fourth-order valence-corrected chi connectivity index (χ4v) is 3.07. The van der Waals surface area contributed by atoms with Crippen LogP contribution in [0.25, 0.3) is 5.57 Å². The molecule has 2 nitrogen and oxygen atoms in total. The topological polar surface area (TPSA) is 29.4 Å². The van der Waals surface area contributed by atoms with Crippen LogP contribution in [0.15, 0.2) is 59.4 Å². The lowest BCUT2D eigenvalue weighted by Crippen LogP contribution is -2.31. The predicted octanol–water partition coefficient (Wildman–Crippen LogP) is 4.98. The fourth-order valence-electron chi connectivity index (χ4n) is 3.07. The number of allylic oxidation sites excluding steroid dienone is 4. The van der Waals surface area contributed by atoms with Gasteiger partial charge in [-0.3, -0.25) is 4.79 Å². The molecule has 2 aromatic carbocycles. The summed E-state index contributed by atoms with van der Waals surface area (Å²) < 4.78 is 57.4. The molecule has 1 unspecified atom stereocenters. The molecule has 0 spiro atoms. The first kappa shape index (κ1) is 15.5. The van der Waals surface area contributed by atoms with E-state index in [0.717, 1.165) is 18.2 Å². The van der Waals surface area contributed by atoms with E-state index in [4.69, 9.17) is 0 Å². The van der Waals surface area contributed by atoms with E-state index in [-0.39, 0.29) is 28.1 Å². The van der Waals surface area contributed by atoms with Crippen molar-refractivity contribution in [1.29, 1.82) is 0 Å². The Morgan fingerprint density at radius 1 is 1.04 bits per heavy atom. The molecule has 1 aliphatic carbocycles. The number of aldehydes is 1. The van der Waals surface area contributed by atoms with E-state index in [1.165, 1.54) is 24.3 Å². The highest BCUT2D eigenvalue weighted by atomic mass is 19.2. The Bertz CT molecular complexity index is 1000. The Morgan fingerprint density at radius 3 is 2.44 bits per heavy atom. The summed E-state index contributed by atoms with van der Waals surface area (Å²) in [4.78, 5) is 14.7. The summed E-state index contributed by atoms with van der Waals surface area (Å²) in [6.07, 6.45) is 2.32. The monoisotopic (exact) mass is 343 g/mol. The molecular formula is C19H9F4NO. The van der Waals surface area contributed by atoms with Crippen LogP contribution in [0.3, 0.4) is 0 Å². The molecule has 0 amide bonds. The molecule has 1 aliphatic heterocycles. The van der Waals surface area contributed by atoms with E-state index in [9.17, 15) is 18.0 Å². The Balaban J connectivity index is 1.92. The number of carbonyl (C=O) groups is 1. The number of hydrogen-bond acceptors (Lipinski definition) is 2. The molecule has 0 fully saturated rings. The van der Waals surface area contributed by atoms with Gasteiger partial charge < -0.3 is 0 Å². The zero-order valence-electron chi connectivity index (χ0n) is 12.6. The van der Waals surface area contributed by atoms with Gasteiger partial charge in [-0.15, -0.1) is 0 Å². The van der Waals surface area contributed by atoms with Crippen LogP contribution in [-0.4, -0.2) is 12.0 Å². The first-order valence-electron chi connectivity index (χ1n) is 7.36. The van der Waals surface area contributed by atoms with Crippen LogP contribution in [0.5, 0.6) is 0 Å². The molecule has 0 radical (unpaired) electrons. The average molecular weight is 343 g/mol. The predicted molar refractivity (Wildman–Crippen MR) is 85.2 cm³/mol. The highest BCUT2D eigenvalue weighted by molar-refractivity contribution is 6.34. The number of benzene rings is 2. The second kappa shape index (κ2) is 5.24. The second-order valence-corrected chi connectivity index (χ2v) is 5.78. The summed E-state index contributed by atoms with van der Waals surface area (Å²) in [5.74, 6) is -2.69. The van der Waals surface area contributed by atoms with Gasteiger partial charge in [0.1, 0.15) is 23.6 Å². The van der Waals surface area contributed by atoms with Crippen molar-refractivity contribution in [2.45, 2.75) is 5.67 Å². The standard InChI is InChI=1S/C19H9F4NO/c20-12-5-14-15-6-13(21)8-19(23,11-3-1-10(9-25)2-4-11)18(15)24-17(14)16(22)7-12/h1-9H. The number of carbonyl (C=O) groups excluding carboxylic acids is 1. The van der Waals surface area contributed by atoms with Crippen molar-refractivity contribution in [3.05, 3.63) is 82.7 Å². The molecule has 1 heterocycles. The van der Waals surface area contributed by atoms with E-state index < -0.39 is 23.1 Å².